The summed E-state index contributed by atoms with van der Waals surface area (Å²) >= 11 is 1.48. The number of methoxy groups -OCH3 is 1. The van der Waals surface area contributed by atoms with Crippen LogP contribution in [0.5, 0.6) is 11.6 Å². The second-order valence-electron chi connectivity index (χ2n) is 17.8. The maximum absolute atomic E-state index is 13.5. The van der Waals surface area contributed by atoms with Crippen molar-refractivity contribution in [2.45, 2.75) is 121 Å². The number of carbonyl (C=O) groups excluding carboxylic acids is 2. The minimum absolute atomic E-state index is 0.0754. The molecule has 1 aliphatic heterocycles. The monoisotopic (exact) mass is 917 g/mol. The maximum Gasteiger partial charge on any atom is 0.306 e. The van der Waals surface area contributed by atoms with Crippen molar-refractivity contribution in [2.24, 2.45) is 17.3 Å². The van der Waals surface area contributed by atoms with Gasteiger partial charge in [-0.1, -0.05) is 51.0 Å². The molecule has 344 valence electrons. The lowest BCUT2D eigenvalue weighted by molar-refractivity contribution is -0.142. The number of fused-ring (bicyclic) bond motifs is 1. The largest absolute Gasteiger partial charge is 0.496 e. The van der Waals surface area contributed by atoms with Crippen LogP contribution in [0, 0.1) is 30.0 Å². The number of sulfonamides is 1. The van der Waals surface area contributed by atoms with E-state index in [1.54, 1.807) is 32.2 Å². The van der Waals surface area contributed by atoms with Crippen LogP contribution >= 0.6 is 11.3 Å². The first-order valence-corrected chi connectivity index (χ1v) is 24.3. The van der Waals surface area contributed by atoms with Crippen molar-refractivity contribution >= 4 is 49.9 Å². The van der Waals surface area contributed by atoms with Gasteiger partial charge in [-0.2, -0.15) is 4.98 Å². The van der Waals surface area contributed by atoms with Crippen molar-refractivity contribution in [2.75, 3.05) is 13.7 Å². The van der Waals surface area contributed by atoms with Gasteiger partial charge in [0.05, 0.1) is 45.8 Å². The first kappa shape index (κ1) is 48.4. The van der Waals surface area contributed by atoms with Gasteiger partial charge in [-0.3, -0.25) is 19.1 Å². The number of halogens is 1. The fourth-order valence-electron chi connectivity index (χ4n) is 8.07. The van der Waals surface area contributed by atoms with Gasteiger partial charge in [0, 0.05) is 30.3 Å². The predicted molar refractivity (Wildman–Crippen MR) is 246 cm³/mol. The van der Waals surface area contributed by atoms with Crippen LogP contribution in [-0.2, 0) is 30.8 Å². The molecule has 5 atom stereocenters. The number of hydrogen-bond donors (Lipinski definition) is 3. The number of rotatable bonds is 21. The Morgan fingerprint density at radius 2 is 1.88 bits per heavy atom. The number of ether oxygens (including phenoxy) is 2. The third-order valence-corrected chi connectivity index (χ3v) is 15.7. The molecule has 3 fully saturated rings. The third-order valence-electron chi connectivity index (χ3n) is 12.7. The number of ketones is 1. The number of hydrogen-bond acceptors (Lipinski definition) is 12. The van der Waals surface area contributed by atoms with E-state index in [0.717, 1.165) is 47.9 Å². The molecule has 2 aromatic heterocycles. The third kappa shape index (κ3) is 11.2. The van der Waals surface area contributed by atoms with Gasteiger partial charge in [0.1, 0.15) is 17.7 Å². The van der Waals surface area contributed by atoms with E-state index in [1.165, 1.54) is 23.5 Å². The summed E-state index contributed by atoms with van der Waals surface area (Å²) in [4.78, 5) is 52.4. The van der Waals surface area contributed by atoms with Crippen LogP contribution < -0.4 is 19.5 Å². The van der Waals surface area contributed by atoms with E-state index in [0.29, 0.717) is 73.0 Å². The molecule has 64 heavy (non-hydrogen) atoms. The zero-order valence-corrected chi connectivity index (χ0v) is 39.0. The summed E-state index contributed by atoms with van der Waals surface area (Å²) in [6.45, 7) is 15.6. The Balaban J connectivity index is 0.000000301. The number of carbonyl (C=O) groups is 3. The summed E-state index contributed by atoms with van der Waals surface area (Å²) in [6, 6.07) is 9.35. The Morgan fingerprint density at radius 3 is 2.50 bits per heavy atom. The summed E-state index contributed by atoms with van der Waals surface area (Å²) in [6.07, 6.45) is 9.82. The molecular weight excluding hydrogens is 858 g/mol. The first-order chi connectivity index (χ1) is 30.4. The van der Waals surface area contributed by atoms with Crippen LogP contribution in [0.3, 0.4) is 0 Å². The number of amides is 1. The van der Waals surface area contributed by atoms with Crippen molar-refractivity contribution < 1.29 is 41.8 Å². The number of allylic oxidation sites excluding steroid dienone is 2. The van der Waals surface area contributed by atoms with E-state index in [9.17, 15) is 32.3 Å². The summed E-state index contributed by atoms with van der Waals surface area (Å²) in [5.74, 6) is -0.760. The lowest BCUT2D eigenvalue weighted by atomic mass is 9.92. The van der Waals surface area contributed by atoms with Crippen LogP contribution in [-0.4, -0.2) is 76.7 Å². The number of nitrogens with one attached hydrogen (secondary N) is 2. The summed E-state index contributed by atoms with van der Waals surface area (Å²) in [7, 11) is -2.20. The standard InChI is InChI=1S/C32H39N5O6S2.C16H21FO2/c1-7-19-13-32(19,30(39)37-45(40,41)31(5)10-11-31)14-24(38)22-12-20(15-33-22)43-28-21-8-9-25(42-6)18(4)26(21)35-27(36-28)29-34-23(16-44-29)17(2)3;1-2-3-4-5-6-9-14(16(18)19)11-13-8-7-10-15(17)12-13/h7-9,16-17,19-20,22,33H,1,10-15H2,2-6H3,(H,37,39);2,7-8,10,12,14H,1,3-6,9,11H2,(H,18,19)/t19-,20-,22+,32-;14-/m11/s1. The van der Waals surface area contributed by atoms with Crippen molar-refractivity contribution in [1.82, 2.24) is 25.0 Å². The van der Waals surface area contributed by atoms with E-state index < -0.39 is 44.0 Å². The molecule has 2 aliphatic carbocycles. The molecule has 3 heterocycles. The highest BCUT2D eigenvalue weighted by Gasteiger charge is 2.62. The SMILES string of the molecule is C=CCCCCC[C@H](Cc1cccc(F)c1)C(=O)O.C=C[C@@H]1C[C@]1(CC(=O)[C@@H]1C[C@@H](Oc2nc(-c3nc(C(C)C)cs3)nc3c(C)c(OC)ccc23)CN1)C(=O)NS(=O)(=O)C1(C)CC1. The molecule has 0 spiro atoms. The number of aromatic nitrogens is 3. The van der Waals surface area contributed by atoms with Gasteiger partial charge < -0.3 is 19.9 Å². The molecule has 1 saturated heterocycles. The van der Waals surface area contributed by atoms with Crippen LogP contribution in [0.1, 0.15) is 108 Å². The summed E-state index contributed by atoms with van der Waals surface area (Å²) in [5.41, 5.74) is 2.16. The summed E-state index contributed by atoms with van der Waals surface area (Å²) < 4.78 is 51.9. The number of Topliss-reactive ketones (excluding diaryl/α,β-unsaturated/α-hetero) is 1. The van der Waals surface area contributed by atoms with Gasteiger partial charge in [-0.05, 0) is 100 Å². The number of carboxylic acid groups (broad SMARTS) is 1. The van der Waals surface area contributed by atoms with Gasteiger partial charge in [-0.15, -0.1) is 24.5 Å². The molecule has 0 radical (unpaired) electrons. The fraction of sp³-hybridized carbons (Fsp3) is 0.500. The van der Waals surface area contributed by atoms with Crippen molar-refractivity contribution in [1.29, 1.82) is 0 Å². The minimum Gasteiger partial charge on any atom is -0.496 e. The average Bonchev–Trinajstić information content (AvgIpc) is 4.02. The van der Waals surface area contributed by atoms with Gasteiger partial charge in [-0.25, -0.2) is 22.8 Å². The Labute approximate surface area is 379 Å². The van der Waals surface area contributed by atoms with Crippen LogP contribution in [0.2, 0.25) is 0 Å². The molecule has 4 aromatic rings. The quantitative estimate of drug-likeness (QED) is 0.0534. The highest BCUT2D eigenvalue weighted by Crippen LogP contribution is 2.57. The number of benzene rings is 2. The molecule has 3 N–H and O–H groups in total. The van der Waals surface area contributed by atoms with Crippen molar-refractivity contribution in [3.63, 3.8) is 0 Å². The molecule has 1 amide bonds. The molecule has 2 aromatic carbocycles. The molecule has 13 nitrogen and oxygen atoms in total. The molecule has 7 rings (SSSR count). The summed E-state index contributed by atoms with van der Waals surface area (Å²) in [5, 5.41) is 15.9. The zero-order valence-electron chi connectivity index (χ0n) is 37.3. The van der Waals surface area contributed by atoms with E-state index in [2.05, 4.69) is 37.0 Å². The fourth-order valence-corrected chi connectivity index (χ4v) is 10.3. The second-order valence-corrected chi connectivity index (χ2v) is 20.9. The van der Waals surface area contributed by atoms with Crippen molar-refractivity contribution in [3.05, 3.63) is 89.7 Å². The molecular formula is C48H60FN5O8S2. The first-order valence-electron chi connectivity index (χ1n) is 22.0. The van der Waals surface area contributed by atoms with E-state index in [-0.39, 0.29) is 36.0 Å². The van der Waals surface area contributed by atoms with Gasteiger partial charge in [0.2, 0.25) is 21.8 Å². The highest BCUT2D eigenvalue weighted by molar-refractivity contribution is 7.91. The lowest BCUT2D eigenvalue weighted by Crippen LogP contribution is -2.44. The molecule has 2 saturated carbocycles. The minimum atomic E-state index is -3.82. The van der Waals surface area contributed by atoms with Gasteiger partial charge >= 0.3 is 5.97 Å². The van der Waals surface area contributed by atoms with Gasteiger partial charge in [0.25, 0.3) is 0 Å². The Morgan fingerprint density at radius 1 is 1.11 bits per heavy atom. The van der Waals surface area contributed by atoms with Crippen LogP contribution in [0.4, 0.5) is 4.39 Å². The van der Waals surface area contributed by atoms with Crippen LogP contribution in [0.25, 0.3) is 21.7 Å². The average molecular weight is 918 g/mol. The number of carboxylic acids is 1. The molecule has 0 unspecified atom stereocenters. The normalized spacial score (nSPS) is 21.3. The highest BCUT2D eigenvalue weighted by atomic mass is 32.2. The molecule has 16 heteroatoms. The number of aliphatic carboxylic acids is 1. The maximum atomic E-state index is 13.5. The van der Waals surface area contributed by atoms with E-state index in [1.807, 2.05) is 30.5 Å². The smallest absolute Gasteiger partial charge is 0.306 e. The zero-order chi connectivity index (χ0) is 46.4. The molecule has 3 aliphatic rings. The van der Waals surface area contributed by atoms with Crippen molar-refractivity contribution in [3.8, 4) is 22.5 Å². The Hall–Kier alpha value is -5.06. The van der Waals surface area contributed by atoms with Gasteiger partial charge in [0.15, 0.2) is 16.6 Å². The number of thiazole rings is 1. The van der Waals surface area contributed by atoms with E-state index >= 15 is 0 Å². The second kappa shape index (κ2) is 20.4. The topological polar surface area (TPSA) is 187 Å². The lowest BCUT2D eigenvalue weighted by Gasteiger charge is -2.20. The van der Waals surface area contributed by atoms with Crippen LogP contribution in [0.15, 0.2) is 67.1 Å². The van der Waals surface area contributed by atoms with E-state index in [4.69, 9.17) is 24.4 Å². The number of nitrogens with zero attached hydrogens (tertiary/aromatic N) is 3. The Kier molecular flexibility index (Phi) is 15.4. The molecule has 0 bridgehead atoms. The Bertz CT molecular complexity index is 2490. The number of aryl methyl sites for hydroxylation is 1. The predicted octanol–water partition coefficient (Wildman–Crippen LogP) is 8.66. The number of unbranched alkanes of at least 4 members (excludes halogenated alkanes) is 3.